The molecule has 1 heterocycles. The molecule has 0 fully saturated rings. The average Bonchev–Trinajstić information content (AvgIpc) is 2.18. The zero-order valence-electron chi connectivity index (χ0n) is 7.85. The van der Waals surface area contributed by atoms with Crippen molar-refractivity contribution in [2.75, 3.05) is 5.73 Å². The molecule has 2 N–H and O–H groups in total. The van der Waals surface area contributed by atoms with Crippen LogP contribution in [-0.2, 0) is 6.18 Å². The summed E-state index contributed by atoms with van der Waals surface area (Å²) in [5.41, 5.74) is 4.63. The van der Waals surface area contributed by atoms with Gasteiger partial charge in [0.15, 0.2) is 0 Å². The minimum Gasteiger partial charge on any atom is -0.383 e. The molecule has 0 radical (unpaired) electrons. The number of nitrogens with zero attached hydrogens (tertiary/aromatic N) is 1. The number of benzene rings is 1. The fourth-order valence-electron chi connectivity index (χ4n) is 1.49. The molecule has 2 nitrogen and oxygen atoms in total. The van der Waals surface area contributed by atoms with E-state index in [2.05, 4.69) is 4.98 Å². The number of alkyl halides is 3. The van der Waals surface area contributed by atoms with Gasteiger partial charge < -0.3 is 5.73 Å². The lowest BCUT2D eigenvalue weighted by Gasteiger charge is -2.12. The molecular weight excluding hydrogens is 241 g/mol. The number of pyridine rings is 1. The highest BCUT2D eigenvalue weighted by molar-refractivity contribution is 6.36. The molecule has 0 saturated carbocycles. The maximum absolute atomic E-state index is 12.7. The Bertz CT molecular complexity index is 551. The third-order valence-electron chi connectivity index (χ3n) is 2.20. The lowest BCUT2D eigenvalue weighted by atomic mass is 10.1. The number of fused-ring (bicyclic) bond motifs is 1. The van der Waals surface area contributed by atoms with E-state index in [0.29, 0.717) is 6.20 Å². The second kappa shape index (κ2) is 3.52. The van der Waals surface area contributed by atoms with E-state index in [0.717, 1.165) is 0 Å². The molecule has 0 bridgehead atoms. The fourth-order valence-corrected chi connectivity index (χ4v) is 1.77. The zero-order chi connectivity index (χ0) is 11.9. The molecule has 0 spiro atoms. The number of nitrogen functional groups attached to an aromatic ring is 1. The lowest BCUT2D eigenvalue weighted by Crippen LogP contribution is -2.08. The maximum atomic E-state index is 12.7. The van der Waals surface area contributed by atoms with E-state index in [4.69, 9.17) is 17.3 Å². The van der Waals surface area contributed by atoms with E-state index in [1.54, 1.807) is 0 Å². The van der Waals surface area contributed by atoms with Crippen LogP contribution in [0.2, 0.25) is 5.02 Å². The molecule has 0 amide bonds. The maximum Gasteiger partial charge on any atom is 0.418 e. The van der Waals surface area contributed by atoms with Gasteiger partial charge in [0.25, 0.3) is 0 Å². The van der Waals surface area contributed by atoms with Crippen LogP contribution in [0.15, 0.2) is 24.4 Å². The average molecular weight is 247 g/mol. The lowest BCUT2D eigenvalue weighted by molar-refractivity contribution is -0.136. The SMILES string of the molecule is Nc1ncc(C(F)(F)F)c2c(Cl)cccc12. The number of rotatable bonds is 0. The van der Waals surface area contributed by atoms with E-state index in [1.165, 1.54) is 18.2 Å². The quantitative estimate of drug-likeness (QED) is 0.773. The first kappa shape index (κ1) is 11.0. The van der Waals surface area contributed by atoms with Gasteiger partial charge in [-0.25, -0.2) is 4.98 Å². The van der Waals surface area contributed by atoms with Crippen LogP contribution in [0.5, 0.6) is 0 Å². The highest BCUT2D eigenvalue weighted by atomic mass is 35.5. The molecule has 0 aliphatic heterocycles. The van der Waals surface area contributed by atoms with Crippen LogP contribution in [-0.4, -0.2) is 4.98 Å². The Morgan fingerprint density at radius 3 is 2.56 bits per heavy atom. The smallest absolute Gasteiger partial charge is 0.383 e. The Hall–Kier alpha value is -1.49. The van der Waals surface area contributed by atoms with Crippen LogP contribution in [0.25, 0.3) is 10.8 Å². The Kier molecular flexibility index (Phi) is 2.42. The van der Waals surface area contributed by atoms with Crippen molar-refractivity contribution in [2.24, 2.45) is 0 Å². The number of hydrogen-bond donors (Lipinski definition) is 1. The second-order valence-electron chi connectivity index (χ2n) is 3.22. The first-order valence-electron chi connectivity index (χ1n) is 4.31. The summed E-state index contributed by atoms with van der Waals surface area (Å²) >= 11 is 5.76. The van der Waals surface area contributed by atoms with Crippen molar-refractivity contribution in [3.05, 3.63) is 35.0 Å². The Morgan fingerprint density at radius 1 is 1.25 bits per heavy atom. The van der Waals surface area contributed by atoms with Crippen LogP contribution in [0.4, 0.5) is 19.0 Å². The molecule has 0 saturated heterocycles. The van der Waals surface area contributed by atoms with Crippen molar-refractivity contribution in [1.29, 1.82) is 0 Å². The highest BCUT2D eigenvalue weighted by Gasteiger charge is 2.34. The number of anilines is 1. The van der Waals surface area contributed by atoms with Crippen molar-refractivity contribution in [1.82, 2.24) is 4.98 Å². The monoisotopic (exact) mass is 246 g/mol. The predicted octanol–water partition coefficient (Wildman–Crippen LogP) is 3.49. The van der Waals surface area contributed by atoms with Gasteiger partial charge >= 0.3 is 6.18 Å². The van der Waals surface area contributed by atoms with Crippen LogP contribution in [0.3, 0.4) is 0 Å². The Labute approximate surface area is 93.8 Å². The molecule has 6 heteroatoms. The molecular formula is C10H6ClF3N2. The summed E-state index contributed by atoms with van der Waals surface area (Å²) in [4.78, 5) is 3.51. The van der Waals surface area contributed by atoms with Crippen LogP contribution >= 0.6 is 11.6 Å². The summed E-state index contributed by atoms with van der Waals surface area (Å²) in [6.45, 7) is 0. The normalized spacial score (nSPS) is 12.0. The van der Waals surface area contributed by atoms with E-state index in [1.807, 2.05) is 0 Å². The number of aromatic nitrogens is 1. The second-order valence-corrected chi connectivity index (χ2v) is 3.62. The van der Waals surface area contributed by atoms with E-state index >= 15 is 0 Å². The van der Waals surface area contributed by atoms with E-state index in [9.17, 15) is 13.2 Å². The first-order valence-corrected chi connectivity index (χ1v) is 4.69. The number of halogens is 4. The van der Waals surface area contributed by atoms with Gasteiger partial charge in [0.1, 0.15) is 5.82 Å². The summed E-state index contributed by atoms with van der Waals surface area (Å²) in [5.74, 6) is 0.0329. The van der Waals surface area contributed by atoms with Gasteiger partial charge in [0, 0.05) is 22.0 Å². The topological polar surface area (TPSA) is 38.9 Å². The predicted molar refractivity (Wildman–Crippen MR) is 56.2 cm³/mol. The third kappa shape index (κ3) is 1.67. The standard InChI is InChI=1S/C10H6ClF3N2/c11-7-3-1-2-5-8(7)6(10(12,13)14)4-16-9(5)15/h1-4H,(H2,15,16). The van der Waals surface area contributed by atoms with Crippen LogP contribution < -0.4 is 5.73 Å². The van der Waals surface area contributed by atoms with Crippen molar-refractivity contribution >= 4 is 28.2 Å². The molecule has 0 aliphatic carbocycles. The minimum atomic E-state index is -4.50. The summed E-state index contributed by atoms with van der Waals surface area (Å²) < 4.78 is 38.1. The third-order valence-corrected chi connectivity index (χ3v) is 2.51. The molecule has 1 aromatic carbocycles. The van der Waals surface area contributed by atoms with Gasteiger partial charge in [0.05, 0.1) is 5.56 Å². The van der Waals surface area contributed by atoms with Crippen molar-refractivity contribution < 1.29 is 13.2 Å². The largest absolute Gasteiger partial charge is 0.418 e. The summed E-state index contributed by atoms with van der Waals surface area (Å²) in [5, 5.41) is 0.116. The van der Waals surface area contributed by atoms with Gasteiger partial charge in [-0.3, -0.25) is 0 Å². The molecule has 1 aromatic heterocycles. The highest BCUT2D eigenvalue weighted by Crippen LogP contribution is 2.38. The van der Waals surface area contributed by atoms with Crippen LogP contribution in [0, 0.1) is 0 Å². The Morgan fingerprint density at radius 2 is 1.94 bits per heavy atom. The molecule has 0 atom stereocenters. The summed E-state index contributed by atoms with van der Waals surface area (Å²) in [7, 11) is 0. The Balaban J connectivity index is 2.92. The molecule has 16 heavy (non-hydrogen) atoms. The van der Waals surface area contributed by atoms with Gasteiger partial charge in [-0.05, 0) is 6.07 Å². The van der Waals surface area contributed by atoms with Gasteiger partial charge in [0.2, 0.25) is 0 Å². The number of nitrogens with two attached hydrogens (primary N) is 1. The summed E-state index contributed by atoms with van der Waals surface area (Å²) in [6, 6.07) is 4.38. The zero-order valence-corrected chi connectivity index (χ0v) is 8.60. The van der Waals surface area contributed by atoms with Crippen LogP contribution in [0.1, 0.15) is 5.56 Å². The fraction of sp³-hybridized carbons (Fsp3) is 0.100. The molecule has 84 valence electrons. The molecule has 2 aromatic rings. The van der Waals surface area contributed by atoms with Crippen molar-refractivity contribution in [3.63, 3.8) is 0 Å². The van der Waals surface area contributed by atoms with E-state index < -0.39 is 11.7 Å². The van der Waals surface area contributed by atoms with Gasteiger partial charge in [-0.1, -0.05) is 23.7 Å². The number of hydrogen-bond acceptors (Lipinski definition) is 2. The van der Waals surface area contributed by atoms with Crippen molar-refractivity contribution in [2.45, 2.75) is 6.18 Å². The van der Waals surface area contributed by atoms with Gasteiger partial charge in [-0.15, -0.1) is 0 Å². The van der Waals surface area contributed by atoms with E-state index in [-0.39, 0.29) is 21.6 Å². The molecule has 0 aliphatic rings. The molecule has 0 unspecified atom stereocenters. The van der Waals surface area contributed by atoms with Gasteiger partial charge in [-0.2, -0.15) is 13.2 Å². The first-order chi connectivity index (χ1) is 7.41. The summed E-state index contributed by atoms with van der Waals surface area (Å²) in [6.07, 6.45) is -3.80. The molecule has 2 rings (SSSR count). The van der Waals surface area contributed by atoms with Crippen molar-refractivity contribution in [3.8, 4) is 0 Å². The minimum absolute atomic E-state index is 0.0129.